The molecular weight excluding hydrogens is 737 g/mol. The zero-order valence-corrected chi connectivity index (χ0v) is 40.5. The monoisotopic (exact) mass is 837 g/mol. The van der Waals surface area contributed by atoms with Crippen molar-refractivity contribution >= 4 is 18.0 Å². The number of hydrogen-bond acceptors (Lipinski definition) is 7. The van der Waals surface area contributed by atoms with Gasteiger partial charge in [-0.3, -0.25) is 9.59 Å². The normalized spacial score (nSPS) is 13.3. The van der Waals surface area contributed by atoms with E-state index in [0.29, 0.717) is 32.0 Å². The van der Waals surface area contributed by atoms with Gasteiger partial charge in [0, 0.05) is 13.0 Å². The van der Waals surface area contributed by atoms with Crippen LogP contribution in [-0.4, -0.2) is 55.5 Å². The number of amides is 1. The second kappa shape index (κ2) is 40.3. The van der Waals surface area contributed by atoms with Gasteiger partial charge in [-0.2, -0.15) is 0 Å². The van der Waals surface area contributed by atoms with Crippen LogP contribution < -0.4 is 10.6 Å². The number of rotatable bonds is 42. The molecule has 59 heavy (non-hydrogen) atoms. The summed E-state index contributed by atoms with van der Waals surface area (Å²) < 4.78 is 17.6. The number of ether oxygens (including phenoxy) is 3. The molecule has 0 aromatic rings. The van der Waals surface area contributed by atoms with E-state index in [4.69, 9.17) is 14.2 Å². The van der Waals surface area contributed by atoms with E-state index >= 15 is 0 Å². The molecule has 350 valence electrons. The average Bonchev–Trinajstić information content (AvgIpc) is 3.20. The fourth-order valence-corrected chi connectivity index (χ4v) is 7.96. The predicted octanol–water partition coefficient (Wildman–Crippen LogP) is 14.7. The molecule has 0 rings (SSSR count). The van der Waals surface area contributed by atoms with Crippen molar-refractivity contribution in [1.82, 2.24) is 10.6 Å². The first kappa shape index (κ1) is 57.2. The summed E-state index contributed by atoms with van der Waals surface area (Å²) in [5.41, 5.74) is -0.541. The number of nitrogens with one attached hydrogen (secondary N) is 2. The SMILES string of the molecule is CCCCCCCCC(CCCCCCCC)COC(=O)CCC(CCCNC(=O)OC(C)(C)C)CCNC(CCCCCC)C(=O)OC(CC)CCCCCCCC. The van der Waals surface area contributed by atoms with Crippen molar-refractivity contribution in [3.05, 3.63) is 0 Å². The van der Waals surface area contributed by atoms with E-state index in [2.05, 4.69) is 45.3 Å². The van der Waals surface area contributed by atoms with Gasteiger partial charge < -0.3 is 24.8 Å². The van der Waals surface area contributed by atoms with Gasteiger partial charge in [0.1, 0.15) is 17.7 Å². The van der Waals surface area contributed by atoms with Gasteiger partial charge in [-0.1, -0.05) is 169 Å². The Morgan fingerprint density at radius 1 is 0.508 bits per heavy atom. The number of esters is 2. The third kappa shape index (κ3) is 37.6. The lowest BCUT2D eigenvalue weighted by molar-refractivity contribution is -0.152. The number of alkyl carbamates (subject to hydrolysis) is 1. The first-order valence-corrected chi connectivity index (χ1v) is 25.6. The van der Waals surface area contributed by atoms with Crippen molar-refractivity contribution in [1.29, 1.82) is 0 Å². The minimum Gasteiger partial charge on any atom is -0.465 e. The zero-order chi connectivity index (χ0) is 43.8. The molecule has 3 unspecified atom stereocenters. The van der Waals surface area contributed by atoms with E-state index in [1.54, 1.807) is 0 Å². The van der Waals surface area contributed by atoms with Crippen LogP contribution in [0.25, 0.3) is 0 Å². The summed E-state index contributed by atoms with van der Waals surface area (Å²) in [4.78, 5) is 39.1. The Kier molecular flexibility index (Phi) is 39.0. The maximum atomic E-state index is 13.6. The Morgan fingerprint density at radius 2 is 0.983 bits per heavy atom. The van der Waals surface area contributed by atoms with Crippen molar-refractivity contribution in [2.75, 3.05) is 19.7 Å². The molecular formula is C51H100N2O6. The smallest absolute Gasteiger partial charge is 0.407 e. The highest BCUT2D eigenvalue weighted by Gasteiger charge is 2.24. The Morgan fingerprint density at radius 3 is 1.51 bits per heavy atom. The molecule has 0 aromatic heterocycles. The lowest BCUT2D eigenvalue weighted by Gasteiger charge is -2.24. The van der Waals surface area contributed by atoms with Crippen molar-refractivity contribution < 1.29 is 28.6 Å². The zero-order valence-electron chi connectivity index (χ0n) is 40.5. The molecule has 0 fully saturated rings. The molecule has 0 spiro atoms. The third-order valence-electron chi connectivity index (χ3n) is 11.8. The Balaban J connectivity index is 5.41. The summed E-state index contributed by atoms with van der Waals surface area (Å²) in [6.07, 6.45) is 35.3. The second-order valence-corrected chi connectivity index (χ2v) is 18.8. The summed E-state index contributed by atoms with van der Waals surface area (Å²) in [6.45, 7) is 18.4. The standard InChI is InChI=1S/C51H100N2O6/c1-9-14-18-22-25-28-33-45(34-29-26-23-19-15-10-2)43-57-48(54)39-38-44(35-32-41-53-50(56)59-51(6,7)8)40-42-52-47(37-31-21-17-12-4)49(55)58-46(13-5)36-30-27-24-20-16-11-3/h44-47,52H,9-43H2,1-8H3,(H,53,56). The van der Waals surface area contributed by atoms with Gasteiger partial charge in [0.05, 0.1) is 6.61 Å². The van der Waals surface area contributed by atoms with Crippen LogP contribution in [0.3, 0.4) is 0 Å². The molecule has 0 aliphatic rings. The van der Waals surface area contributed by atoms with Crippen LogP contribution in [0, 0.1) is 11.8 Å². The highest BCUT2D eigenvalue weighted by Crippen LogP contribution is 2.23. The molecule has 3 atom stereocenters. The van der Waals surface area contributed by atoms with Crippen LogP contribution in [0.4, 0.5) is 4.79 Å². The molecule has 8 heteroatoms. The Hall–Kier alpha value is -1.83. The molecule has 0 heterocycles. The molecule has 1 amide bonds. The lowest BCUT2D eigenvalue weighted by Crippen LogP contribution is -2.40. The second-order valence-electron chi connectivity index (χ2n) is 18.8. The van der Waals surface area contributed by atoms with Gasteiger partial charge in [-0.15, -0.1) is 0 Å². The van der Waals surface area contributed by atoms with Crippen molar-refractivity contribution in [2.45, 2.75) is 279 Å². The molecule has 0 aliphatic heterocycles. The fourth-order valence-electron chi connectivity index (χ4n) is 7.96. The van der Waals surface area contributed by atoms with Crippen molar-refractivity contribution in [3.63, 3.8) is 0 Å². The Labute approximate surface area is 366 Å². The summed E-state index contributed by atoms with van der Waals surface area (Å²) in [5, 5.41) is 6.50. The predicted molar refractivity (Wildman–Crippen MR) is 250 cm³/mol. The van der Waals surface area contributed by atoms with Gasteiger partial charge in [-0.25, -0.2) is 4.79 Å². The van der Waals surface area contributed by atoms with E-state index < -0.39 is 11.7 Å². The summed E-state index contributed by atoms with van der Waals surface area (Å²) in [7, 11) is 0. The number of carbonyl (C=O) groups is 3. The maximum absolute atomic E-state index is 13.6. The number of hydrogen-bond donors (Lipinski definition) is 2. The molecule has 0 saturated heterocycles. The van der Waals surface area contributed by atoms with E-state index in [9.17, 15) is 14.4 Å². The minimum atomic E-state index is -0.541. The lowest BCUT2D eigenvalue weighted by atomic mass is 9.93. The van der Waals surface area contributed by atoms with E-state index in [0.717, 1.165) is 83.5 Å². The van der Waals surface area contributed by atoms with Crippen LogP contribution in [0.1, 0.15) is 261 Å². The molecule has 8 nitrogen and oxygen atoms in total. The van der Waals surface area contributed by atoms with Gasteiger partial charge in [-0.05, 0) is 103 Å². The van der Waals surface area contributed by atoms with Crippen LogP contribution in [0.5, 0.6) is 0 Å². The molecule has 2 N–H and O–H groups in total. The van der Waals surface area contributed by atoms with Gasteiger partial charge in [0.2, 0.25) is 0 Å². The topological polar surface area (TPSA) is 103 Å². The van der Waals surface area contributed by atoms with E-state index in [1.807, 2.05) is 20.8 Å². The number of carbonyl (C=O) groups excluding carboxylic acids is 3. The quantitative estimate of drug-likeness (QED) is 0.0358. The largest absolute Gasteiger partial charge is 0.465 e. The highest BCUT2D eigenvalue weighted by atomic mass is 16.6. The van der Waals surface area contributed by atoms with Crippen molar-refractivity contribution in [2.24, 2.45) is 11.8 Å². The number of unbranched alkanes of at least 4 members (excludes halogenated alkanes) is 18. The molecule has 0 bridgehead atoms. The van der Waals surface area contributed by atoms with E-state index in [1.165, 1.54) is 116 Å². The molecule has 0 aromatic carbocycles. The van der Waals surface area contributed by atoms with Crippen LogP contribution >= 0.6 is 0 Å². The fraction of sp³-hybridized carbons (Fsp3) is 0.941. The first-order valence-electron chi connectivity index (χ1n) is 25.6. The summed E-state index contributed by atoms with van der Waals surface area (Å²) in [5.74, 6) is 0.490. The summed E-state index contributed by atoms with van der Waals surface area (Å²) in [6, 6.07) is -0.319. The van der Waals surface area contributed by atoms with Gasteiger partial charge >= 0.3 is 18.0 Å². The van der Waals surface area contributed by atoms with Gasteiger partial charge in [0.15, 0.2) is 0 Å². The van der Waals surface area contributed by atoms with Gasteiger partial charge in [0.25, 0.3) is 0 Å². The molecule has 0 radical (unpaired) electrons. The van der Waals surface area contributed by atoms with E-state index in [-0.39, 0.29) is 30.0 Å². The average molecular weight is 837 g/mol. The Bertz CT molecular complexity index is 952. The molecule has 0 saturated carbocycles. The molecule has 0 aliphatic carbocycles. The highest BCUT2D eigenvalue weighted by molar-refractivity contribution is 5.76. The van der Waals surface area contributed by atoms with Crippen molar-refractivity contribution in [3.8, 4) is 0 Å². The third-order valence-corrected chi connectivity index (χ3v) is 11.8. The van der Waals surface area contributed by atoms with Crippen LogP contribution in [-0.2, 0) is 23.8 Å². The van der Waals surface area contributed by atoms with Crippen LogP contribution in [0.15, 0.2) is 0 Å². The first-order chi connectivity index (χ1) is 28.5. The summed E-state index contributed by atoms with van der Waals surface area (Å²) >= 11 is 0. The van der Waals surface area contributed by atoms with Crippen LogP contribution in [0.2, 0.25) is 0 Å². The minimum absolute atomic E-state index is 0.0268. The maximum Gasteiger partial charge on any atom is 0.407 e.